The average Bonchev–Trinajstić information content (AvgIpc) is 2.30. The van der Waals surface area contributed by atoms with E-state index >= 15 is 0 Å². The minimum atomic E-state index is -0.0932. The van der Waals surface area contributed by atoms with Gasteiger partial charge in [0, 0.05) is 0 Å². The lowest BCUT2D eigenvalue weighted by molar-refractivity contribution is -0.126. The summed E-state index contributed by atoms with van der Waals surface area (Å²) >= 11 is 0. The van der Waals surface area contributed by atoms with Crippen LogP contribution in [0.4, 0.5) is 0 Å². The van der Waals surface area contributed by atoms with Gasteiger partial charge in [-0.2, -0.15) is 0 Å². The standard InChI is InChI=1S/C8H9NO2/c10-7-5-3-1-2-4-6(5)8(11)9-7/h1-2,5-6H,3-4H2,(H,9,10,11)/t5-,6-/m1/s1. The highest BCUT2D eigenvalue weighted by atomic mass is 16.2. The van der Waals surface area contributed by atoms with E-state index in [9.17, 15) is 9.59 Å². The van der Waals surface area contributed by atoms with Crippen LogP contribution < -0.4 is 5.32 Å². The molecular formula is C8H9NO2. The number of amides is 2. The van der Waals surface area contributed by atoms with Crippen LogP contribution in [-0.2, 0) is 9.59 Å². The normalized spacial score (nSPS) is 35.3. The fourth-order valence-corrected chi connectivity index (χ4v) is 1.70. The van der Waals surface area contributed by atoms with E-state index in [4.69, 9.17) is 0 Å². The molecule has 0 aromatic carbocycles. The minimum absolute atomic E-state index is 0.0764. The number of carbonyl (C=O) groups is 2. The molecule has 0 radical (unpaired) electrons. The van der Waals surface area contributed by atoms with Gasteiger partial charge in [-0.15, -0.1) is 0 Å². The van der Waals surface area contributed by atoms with E-state index in [-0.39, 0.29) is 23.7 Å². The fourth-order valence-electron chi connectivity index (χ4n) is 1.70. The first kappa shape index (κ1) is 6.58. The maximum absolute atomic E-state index is 11.1. The highest BCUT2D eigenvalue weighted by Gasteiger charge is 2.40. The first-order valence-electron chi connectivity index (χ1n) is 3.79. The van der Waals surface area contributed by atoms with Crippen molar-refractivity contribution >= 4 is 11.8 Å². The maximum Gasteiger partial charge on any atom is 0.230 e. The summed E-state index contributed by atoms with van der Waals surface area (Å²) in [5, 5.41) is 2.34. The lowest BCUT2D eigenvalue weighted by Crippen LogP contribution is -2.21. The maximum atomic E-state index is 11.1. The molecule has 3 nitrogen and oxygen atoms in total. The van der Waals surface area contributed by atoms with E-state index in [1.165, 1.54) is 0 Å². The Morgan fingerprint density at radius 3 is 2.00 bits per heavy atom. The molecule has 1 aliphatic heterocycles. The Morgan fingerprint density at radius 1 is 1.09 bits per heavy atom. The predicted octanol–water partition coefficient (Wildman–Crippen LogP) is 0.225. The third-order valence-corrected chi connectivity index (χ3v) is 2.35. The van der Waals surface area contributed by atoms with Gasteiger partial charge in [-0.05, 0) is 12.8 Å². The van der Waals surface area contributed by atoms with Crippen LogP contribution in [-0.4, -0.2) is 11.8 Å². The number of fused-ring (bicyclic) bond motifs is 1. The number of carbonyl (C=O) groups excluding carboxylic acids is 2. The van der Waals surface area contributed by atoms with Crippen LogP contribution in [0.5, 0.6) is 0 Å². The van der Waals surface area contributed by atoms with Crippen molar-refractivity contribution < 1.29 is 9.59 Å². The number of hydrogen-bond donors (Lipinski definition) is 1. The Kier molecular flexibility index (Phi) is 1.31. The van der Waals surface area contributed by atoms with Crippen molar-refractivity contribution in [2.75, 3.05) is 0 Å². The second kappa shape index (κ2) is 2.19. The molecule has 1 saturated heterocycles. The monoisotopic (exact) mass is 151 g/mol. The largest absolute Gasteiger partial charge is 0.296 e. The van der Waals surface area contributed by atoms with Gasteiger partial charge in [0.15, 0.2) is 0 Å². The van der Waals surface area contributed by atoms with Crippen molar-refractivity contribution in [2.24, 2.45) is 11.8 Å². The summed E-state index contributed by atoms with van der Waals surface area (Å²) in [6.45, 7) is 0. The van der Waals surface area contributed by atoms with E-state index in [0.717, 1.165) is 12.8 Å². The van der Waals surface area contributed by atoms with E-state index in [2.05, 4.69) is 5.32 Å². The van der Waals surface area contributed by atoms with Crippen molar-refractivity contribution in [2.45, 2.75) is 12.8 Å². The second-order valence-corrected chi connectivity index (χ2v) is 3.01. The topological polar surface area (TPSA) is 46.2 Å². The van der Waals surface area contributed by atoms with Crippen LogP contribution in [0.25, 0.3) is 0 Å². The Balaban J connectivity index is 2.28. The van der Waals surface area contributed by atoms with Crippen molar-refractivity contribution in [3.63, 3.8) is 0 Å². The molecule has 0 aromatic heterocycles. The summed E-state index contributed by atoms with van der Waals surface area (Å²) in [6.07, 6.45) is 5.39. The summed E-state index contributed by atoms with van der Waals surface area (Å²) < 4.78 is 0. The summed E-state index contributed by atoms with van der Waals surface area (Å²) in [5.41, 5.74) is 0. The van der Waals surface area contributed by atoms with Crippen LogP contribution in [0.3, 0.4) is 0 Å². The zero-order valence-electron chi connectivity index (χ0n) is 6.04. The molecule has 0 unspecified atom stereocenters. The Labute approximate surface area is 64.5 Å². The summed E-state index contributed by atoms with van der Waals surface area (Å²) in [4.78, 5) is 22.1. The van der Waals surface area contributed by atoms with Gasteiger partial charge in [0.2, 0.25) is 11.8 Å². The van der Waals surface area contributed by atoms with Crippen LogP contribution in [0.1, 0.15) is 12.8 Å². The number of nitrogens with one attached hydrogen (secondary N) is 1. The Hall–Kier alpha value is -1.12. The Morgan fingerprint density at radius 2 is 1.55 bits per heavy atom. The quantitative estimate of drug-likeness (QED) is 0.398. The lowest BCUT2D eigenvalue weighted by atomic mass is 9.85. The van der Waals surface area contributed by atoms with Gasteiger partial charge < -0.3 is 0 Å². The van der Waals surface area contributed by atoms with E-state index in [0.29, 0.717) is 0 Å². The van der Waals surface area contributed by atoms with Gasteiger partial charge in [-0.1, -0.05) is 12.2 Å². The predicted molar refractivity (Wildman–Crippen MR) is 38.5 cm³/mol. The molecule has 0 aromatic rings. The molecule has 0 spiro atoms. The number of rotatable bonds is 0. The molecule has 1 heterocycles. The van der Waals surface area contributed by atoms with Crippen molar-refractivity contribution in [1.82, 2.24) is 5.32 Å². The molecule has 0 saturated carbocycles. The van der Waals surface area contributed by atoms with Gasteiger partial charge in [-0.3, -0.25) is 14.9 Å². The highest BCUT2D eigenvalue weighted by molar-refractivity contribution is 6.05. The average molecular weight is 151 g/mol. The molecule has 11 heavy (non-hydrogen) atoms. The Bertz CT molecular complexity index is 220. The third kappa shape index (κ3) is 0.878. The molecule has 2 rings (SSSR count). The van der Waals surface area contributed by atoms with Crippen molar-refractivity contribution in [3.05, 3.63) is 12.2 Å². The van der Waals surface area contributed by atoms with Crippen LogP contribution >= 0.6 is 0 Å². The SMILES string of the molecule is O=C1NC(=O)[C@@H]2CC=CC[C@@H]12. The first-order valence-corrected chi connectivity index (χ1v) is 3.79. The molecule has 1 aliphatic carbocycles. The number of hydrogen-bond acceptors (Lipinski definition) is 2. The molecule has 0 bridgehead atoms. The van der Waals surface area contributed by atoms with Gasteiger partial charge >= 0.3 is 0 Å². The molecular weight excluding hydrogens is 142 g/mol. The molecule has 2 amide bonds. The molecule has 1 fully saturated rings. The highest BCUT2D eigenvalue weighted by Crippen LogP contribution is 2.29. The van der Waals surface area contributed by atoms with E-state index in [1.807, 2.05) is 12.2 Å². The smallest absolute Gasteiger partial charge is 0.230 e. The number of imide groups is 1. The van der Waals surface area contributed by atoms with Gasteiger partial charge in [0.1, 0.15) is 0 Å². The first-order chi connectivity index (χ1) is 5.29. The number of allylic oxidation sites excluding steroid dienone is 2. The fraction of sp³-hybridized carbons (Fsp3) is 0.500. The van der Waals surface area contributed by atoms with Crippen LogP contribution in [0, 0.1) is 11.8 Å². The molecule has 2 aliphatic rings. The second-order valence-electron chi connectivity index (χ2n) is 3.01. The summed E-state index contributed by atoms with van der Waals surface area (Å²) in [6, 6.07) is 0. The molecule has 1 N–H and O–H groups in total. The zero-order valence-corrected chi connectivity index (χ0v) is 6.04. The molecule has 2 atom stereocenters. The van der Waals surface area contributed by atoms with Crippen molar-refractivity contribution in [3.8, 4) is 0 Å². The summed E-state index contributed by atoms with van der Waals surface area (Å²) in [7, 11) is 0. The van der Waals surface area contributed by atoms with Crippen LogP contribution in [0.2, 0.25) is 0 Å². The zero-order chi connectivity index (χ0) is 7.84. The lowest BCUT2D eigenvalue weighted by Gasteiger charge is -2.14. The van der Waals surface area contributed by atoms with E-state index in [1.54, 1.807) is 0 Å². The van der Waals surface area contributed by atoms with Crippen LogP contribution in [0.15, 0.2) is 12.2 Å². The van der Waals surface area contributed by atoms with Gasteiger partial charge in [0.25, 0.3) is 0 Å². The molecule has 3 heteroatoms. The summed E-state index contributed by atoms with van der Waals surface area (Å²) in [5.74, 6) is -0.339. The van der Waals surface area contributed by atoms with Gasteiger partial charge in [-0.25, -0.2) is 0 Å². The van der Waals surface area contributed by atoms with E-state index < -0.39 is 0 Å². The van der Waals surface area contributed by atoms with Gasteiger partial charge in [0.05, 0.1) is 11.8 Å². The molecule has 58 valence electrons. The van der Waals surface area contributed by atoms with Crippen molar-refractivity contribution in [1.29, 1.82) is 0 Å². The third-order valence-electron chi connectivity index (χ3n) is 2.35. The minimum Gasteiger partial charge on any atom is -0.296 e.